The smallest absolute Gasteiger partial charge is 0.336 e. The number of aromatic carboxylic acids is 1. The van der Waals surface area contributed by atoms with E-state index >= 15 is 0 Å². The van der Waals surface area contributed by atoms with Crippen molar-refractivity contribution in [3.63, 3.8) is 0 Å². The highest BCUT2D eigenvalue weighted by atomic mass is 35.5. The molecular weight excluding hydrogens is 312 g/mol. The molecule has 6 heteroatoms. The fraction of sp³-hybridized carbons (Fsp3) is 0. The predicted octanol–water partition coefficient (Wildman–Crippen LogP) is 4.53. The van der Waals surface area contributed by atoms with Crippen molar-refractivity contribution in [2.75, 3.05) is 0 Å². The van der Waals surface area contributed by atoms with Crippen LogP contribution in [0, 0.1) is 11.6 Å². The highest BCUT2D eigenvalue weighted by molar-refractivity contribution is 6.31. The van der Waals surface area contributed by atoms with Crippen molar-refractivity contribution in [2.24, 2.45) is 0 Å². The second-order valence-electron chi connectivity index (χ2n) is 4.65. The van der Waals surface area contributed by atoms with Crippen molar-refractivity contribution < 1.29 is 18.7 Å². The SMILES string of the molecule is O=C(O)c1cc(-c2ccc(F)cc2)nc2c(F)cc(Cl)cc12. The van der Waals surface area contributed by atoms with E-state index in [0.29, 0.717) is 5.56 Å². The van der Waals surface area contributed by atoms with E-state index in [2.05, 4.69) is 4.98 Å². The number of fused-ring (bicyclic) bond motifs is 1. The zero-order valence-corrected chi connectivity index (χ0v) is 11.7. The molecular formula is C16H8ClF2NO2. The van der Waals surface area contributed by atoms with Gasteiger partial charge in [-0.2, -0.15) is 0 Å². The molecule has 3 aromatic rings. The number of nitrogens with zero attached hydrogens (tertiary/aromatic N) is 1. The summed E-state index contributed by atoms with van der Waals surface area (Å²) in [6.45, 7) is 0. The van der Waals surface area contributed by atoms with Gasteiger partial charge in [0, 0.05) is 16.0 Å². The maximum absolute atomic E-state index is 14.1. The standard InChI is InChI=1S/C16H8ClF2NO2/c17-9-5-11-12(16(21)22)7-14(20-15(11)13(19)6-9)8-1-3-10(18)4-2-8/h1-7H,(H,21,22). The van der Waals surface area contributed by atoms with Gasteiger partial charge in [-0.1, -0.05) is 11.6 Å². The van der Waals surface area contributed by atoms with Gasteiger partial charge in [0.25, 0.3) is 0 Å². The Morgan fingerprint density at radius 3 is 2.41 bits per heavy atom. The number of rotatable bonds is 2. The van der Waals surface area contributed by atoms with E-state index < -0.39 is 17.6 Å². The second-order valence-corrected chi connectivity index (χ2v) is 5.09. The van der Waals surface area contributed by atoms with E-state index in [0.717, 1.165) is 6.07 Å². The van der Waals surface area contributed by atoms with Crippen molar-refractivity contribution in [1.29, 1.82) is 0 Å². The van der Waals surface area contributed by atoms with E-state index in [-0.39, 0.29) is 27.2 Å². The Hall–Kier alpha value is -2.53. The summed E-state index contributed by atoms with van der Waals surface area (Å²) in [5.41, 5.74) is 0.514. The van der Waals surface area contributed by atoms with Crippen LogP contribution in [0.3, 0.4) is 0 Å². The van der Waals surface area contributed by atoms with E-state index in [1.165, 1.54) is 36.4 Å². The van der Waals surface area contributed by atoms with Crippen molar-refractivity contribution in [2.45, 2.75) is 0 Å². The Balaban J connectivity index is 2.34. The van der Waals surface area contributed by atoms with Crippen LogP contribution in [0.2, 0.25) is 5.02 Å². The molecule has 0 atom stereocenters. The van der Waals surface area contributed by atoms with Crippen LogP contribution in [-0.4, -0.2) is 16.1 Å². The molecule has 110 valence electrons. The third-order valence-corrected chi connectivity index (χ3v) is 3.42. The number of pyridine rings is 1. The number of carboxylic acids is 1. The number of carbonyl (C=O) groups is 1. The summed E-state index contributed by atoms with van der Waals surface area (Å²) in [5.74, 6) is -2.37. The van der Waals surface area contributed by atoms with Crippen molar-refractivity contribution in [1.82, 2.24) is 4.98 Å². The van der Waals surface area contributed by atoms with Gasteiger partial charge in [-0.05, 0) is 42.5 Å². The molecule has 22 heavy (non-hydrogen) atoms. The molecule has 0 saturated heterocycles. The number of halogens is 3. The minimum Gasteiger partial charge on any atom is -0.478 e. The number of carboxylic acid groups (broad SMARTS) is 1. The summed E-state index contributed by atoms with van der Waals surface area (Å²) in [4.78, 5) is 15.6. The van der Waals surface area contributed by atoms with Gasteiger partial charge >= 0.3 is 5.97 Å². The van der Waals surface area contributed by atoms with Gasteiger partial charge in [0.15, 0.2) is 5.82 Å². The third kappa shape index (κ3) is 2.51. The number of hydrogen-bond acceptors (Lipinski definition) is 2. The average molecular weight is 320 g/mol. The van der Waals surface area contributed by atoms with E-state index in [4.69, 9.17) is 11.6 Å². The number of hydrogen-bond donors (Lipinski definition) is 1. The Morgan fingerprint density at radius 1 is 1.09 bits per heavy atom. The van der Waals surface area contributed by atoms with Crippen LogP contribution in [-0.2, 0) is 0 Å². The van der Waals surface area contributed by atoms with Crippen molar-refractivity contribution in [3.8, 4) is 11.3 Å². The summed E-state index contributed by atoms with van der Waals surface area (Å²) in [5, 5.41) is 9.53. The van der Waals surface area contributed by atoms with Crippen LogP contribution in [0.15, 0.2) is 42.5 Å². The minimum absolute atomic E-state index is 0.0869. The zero-order valence-electron chi connectivity index (χ0n) is 11.0. The van der Waals surface area contributed by atoms with Gasteiger partial charge in [0.05, 0.1) is 11.3 Å². The van der Waals surface area contributed by atoms with Crippen LogP contribution in [0.4, 0.5) is 8.78 Å². The lowest BCUT2D eigenvalue weighted by Crippen LogP contribution is -2.01. The Labute approximate surface area is 128 Å². The van der Waals surface area contributed by atoms with Gasteiger partial charge in [-0.25, -0.2) is 18.6 Å². The molecule has 0 amide bonds. The first-order valence-corrected chi connectivity index (χ1v) is 6.62. The fourth-order valence-corrected chi connectivity index (χ4v) is 2.40. The molecule has 1 N–H and O–H groups in total. The molecule has 0 saturated carbocycles. The quantitative estimate of drug-likeness (QED) is 0.755. The van der Waals surface area contributed by atoms with Crippen LogP contribution < -0.4 is 0 Å². The summed E-state index contributed by atoms with van der Waals surface area (Å²) in [7, 11) is 0. The second kappa shape index (κ2) is 5.35. The molecule has 0 aliphatic rings. The van der Waals surface area contributed by atoms with Gasteiger partial charge in [0.2, 0.25) is 0 Å². The molecule has 0 radical (unpaired) electrons. The Morgan fingerprint density at radius 2 is 1.77 bits per heavy atom. The maximum atomic E-state index is 14.1. The van der Waals surface area contributed by atoms with Gasteiger partial charge < -0.3 is 5.11 Å². The van der Waals surface area contributed by atoms with Crippen LogP contribution in [0.25, 0.3) is 22.2 Å². The maximum Gasteiger partial charge on any atom is 0.336 e. The normalized spacial score (nSPS) is 10.9. The first-order valence-electron chi connectivity index (χ1n) is 6.25. The lowest BCUT2D eigenvalue weighted by atomic mass is 10.0. The van der Waals surface area contributed by atoms with E-state index in [9.17, 15) is 18.7 Å². The highest BCUT2D eigenvalue weighted by Gasteiger charge is 2.16. The first kappa shape index (κ1) is 14.4. The van der Waals surface area contributed by atoms with Crippen LogP contribution >= 0.6 is 11.6 Å². The summed E-state index contributed by atoms with van der Waals surface area (Å²) >= 11 is 5.77. The highest BCUT2D eigenvalue weighted by Crippen LogP contribution is 2.29. The largest absolute Gasteiger partial charge is 0.478 e. The van der Waals surface area contributed by atoms with E-state index in [1.54, 1.807) is 0 Å². The number of aromatic nitrogens is 1. The van der Waals surface area contributed by atoms with Crippen molar-refractivity contribution >= 4 is 28.5 Å². The van der Waals surface area contributed by atoms with Gasteiger partial charge in [-0.15, -0.1) is 0 Å². The van der Waals surface area contributed by atoms with Gasteiger partial charge in [0.1, 0.15) is 11.3 Å². The molecule has 1 aromatic heterocycles. The molecule has 0 fully saturated rings. The van der Waals surface area contributed by atoms with Crippen LogP contribution in [0.5, 0.6) is 0 Å². The Kier molecular flexibility index (Phi) is 3.50. The third-order valence-electron chi connectivity index (χ3n) is 3.20. The number of benzene rings is 2. The molecule has 1 heterocycles. The van der Waals surface area contributed by atoms with Crippen molar-refractivity contribution in [3.05, 3.63) is 64.7 Å². The molecule has 0 spiro atoms. The molecule has 3 rings (SSSR count). The molecule has 2 aromatic carbocycles. The van der Waals surface area contributed by atoms with E-state index in [1.807, 2.05) is 0 Å². The van der Waals surface area contributed by atoms with Gasteiger partial charge in [-0.3, -0.25) is 0 Å². The monoisotopic (exact) mass is 319 g/mol. The molecule has 3 nitrogen and oxygen atoms in total. The molecule has 0 aliphatic carbocycles. The lowest BCUT2D eigenvalue weighted by molar-refractivity contribution is 0.0699. The summed E-state index contributed by atoms with van der Waals surface area (Å²) in [6, 6.07) is 9.07. The molecule has 0 bridgehead atoms. The minimum atomic E-state index is -1.22. The Bertz CT molecular complexity index is 895. The fourth-order valence-electron chi connectivity index (χ4n) is 2.20. The molecule has 0 aliphatic heterocycles. The van der Waals surface area contributed by atoms with Crippen LogP contribution in [0.1, 0.15) is 10.4 Å². The summed E-state index contributed by atoms with van der Waals surface area (Å²) < 4.78 is 27.0. The zero-order chi connectivity index (χ0) is 15.9. The lowest BCUT2D eigenvalue weighted by Gasteiger charge is -2.08. The summed E-state index contributed by atoms with van der Waals surface area (Å²) in [6.07, 6.45) is 0. The molecule has 0 unspecified atom stereocenters. The first-order chi connectivity index (χ1) is 10.5. The predicted molar refractivity (Wildman–Crippen MR) is 79.1 cm³/mol. The topological polar surface area (TPSA) is 50.2 Å². The average Bonchev–Trinajstić information content (AvgIpc) is 2.47.